The molecule has 5 aromatic rings. The molecule has 0 bridgehead atoms. The maximum absolute atomic E-state index is 13.0. The first-order valence-corrected chi connectivity index (χ1v) is 9.00. The third-order valence-corrected chi connectivity index (χ3v) is 5.22. The smallest absolute Gasteiger partial charge is 0.331 e. The highest BCUT2D eigenvalue weighted by Crippen LogP contribution is 2.36. The van der Waals surface area contributed by atoms with Gasteiger partial charge in [-0.25, -0.2) is 4.79 Å². The first-order chi connectivity index (χ1) is 13.6. The van der Waals surface area contributed by atoms with Crippen LogP contribution in [-0.4, -0.2) is 19.5 Å². The minimum Gasteiger partial charge on any atom is -0.358 e. The van der Waals surface area contributed by atoms with E-state index in [0.29, 0.717) is 5.69 Å². The van der Waals surface area contributed by atoms with Crippen molar-refractivity contribution in [2.24, 2.45) is 0 Å². The molecule has 0 spiro atoms. The Bertz CT molecular complexity index is 1470. The van der Waals surface area contributed by atoms with Crippen LogP contribution in [0.4, 0.5) is 0 Å². The van der Waals surface area contributed by atoms with Crippen molar-refractivity contribution >= 4 is 21.8 Å². The minimum absolute atomic E-state index is 0.252. The van der Waals surface area contributed by atoms with Gasteiger partial charge in [0.1, 0.15) is 11.8 Å². The summed E-state index contributed by atoms with van der Waals surface area (Å²) in [6.07, 6.45) is 0. The highest BCUT2D eigenvalue weighted by molar-refractivity contribution is 5.99. The summed E-state index contributed by atoms with van der Waals surface area (Å²) < 4.78 is 1.62. The normalized spacial score (nSPS) is 11.3. The molecule has 3 heterocycles. The molecule has 0 aliphatic heterocycles. The number of hydrogen-bond donors (Lipinski definition) is 3. The van der Waals surface area contributed by atoms with E-state index in [2.05, 4.69) is 21.0 Å². The van der Waals surface area contributed by atoms with E-state index in [-0.39, 0.29) is 11.4 Å². The van der Waals surface area contributed by atoms with E-state index in [1.54, 1.807) is 4.57 Å². The lowest BCUT2D eigenvalue weighted by atomic mass is 10.1. The standard InChI is InChI=1S/C22H17N5O/c1-12-19(14-7-3-5-9-16(14)24-12)21-18(11-23)26-22(28)27(21)20-13(2)25-17-10-6-4-8-15(17)20/h3-10,24-25H,1-2H3,(H,26,28). The third kappa shape index (κ3) is 2.10. The monoisotopic (exact) mass is 367 g/mol. The summed E-state index contributed by atoms with van der Waals surface area (Å²) in [5.41, 5.74) is 5.81. The Hall–Kier alpha value is -3.98. The van der Waals surface area contributed by atoms with E-state index in [1.165, 1.54) is 0 Å². The predicted octanol–water partition coefficient (Wildman–Crippen LogP) is 4.28. The number of nitrogens with zero attached hydrogens (tertiary/aromatic N) is 2. The summed E-state index contributed by atoms with van der Waals surface area (Å²) in [5, 5.41) is 11.7. The van der Waals surface area contributed by atoms with E-state index in [9.17, 15) is 10.1 Å². The van der Waals surface area contributed by atoms with E-state index in [0.717, 1.165) is 44.4 Å². The predicted molar refractivity (Wildman–Crippen MR) is 110 cm³/mol. The topological polar surface area (TPSA) is 93.2 Å². The number of H-pyrrole nitrogens is 3. The van der Waals surface area contributed by atoms with Crippen molar-refractivity contribution in [3.63, 3.8) is 0 Å². The Labute approximate surface area is 160 Å². The molecule has 3 N–H and O–H groups in total. The molecule has 0 fully saturated rings. The van der Waals surface area contributed by atoms with Crippen LogP contribution in [0.25, 0.3) is 38.8 Å². The van der Waals surface area contributed by atoms with Crippen LogP contribution in [-0.2, 0) is 0 Å². The number of hydrogen-bond acceptors (Lipinski definition) is 2. The molecular formula is C22H17N5O. The number of nitriles is 1. The zero-order valence-electron chi connectivity index (χ0n) is 15.4. The van der Waals surface area contributed by atoms with Gasteiger partial charge < -0.3 is 9.97 Å². The van der Waals surface area contributed by atoms with Crippen molar-refractivity contribution in [2.75, 3.05) is 0 Å². The van der Waals surface area contributed by atoms with Crippen molar-refractivity contribution in [1.29, 1.82) is 5.26 Å². The molecule has 28 heavy (non-hydrogen) atoms. The maximum Gasteiger partial charge on any atom is 0.331 e. The fourth-order valence-corrected chi connectivity index (χ4v) is 4.10. The van der Waals surface area contributed by atoms with Crippen LogP contribution in [0.5, 0.6) is 0 Å². The molecule has 0 amide bonds. The summed E-state index contributed by atoms with van der Waals surface area (Å²) >= 11 is 0. The Morgan fingerprint density at radius 1 is 0.857 bits per heavy atom. The Balaban J connectivity index is 1.96. The van der Waals surface area contributed by atoms with Gasteiger partial charge in [-0.05, 0) is 26.0 Å². The van der Waals surface area contributed by atoms with Crippen molar-refractivity contribution < 1.29 is 0 Å². The van der Waals surface area contributed by atoms with Crippen LogP contribution < -0.4 is 5.69 Å². The molecule has 0 saturated heterocycles. The number of aromatic nitrogens is 4. The second-order valence-corrected chi connectivity index (χ2v) is 6.92. The maximum atomic E-state index is 13.0. The number of aryl methyl sites for hydroxylation is 2. The molecule has 6 nitrogen and oxygen atoms in total. The number of nitrogens with one attached hydrogen (secondary N) is 3. The van der Waals surface area contributed by atoms with Crippen molar-refractivity contribution in [3.8, 4) is 23.0 Å². The van der Waals surface area contributed by atoms with E-state index in [4.69, 9.17) is 0 Å². The lowest BCUT2D eigenvalue weighted by molar-refractivity contribution is 0.985. The molecule has 0 unspecified atom stereocenters. The zero-order chi connectivity index (χ0) is 19.4. The van der Waals surface area contributed by atoms with Gasteiger partial charge in [-0.2, -0.15) is 5.26 Å². The fourth-order valence-electron chi connectivity index (χ4n) is 4.10. The van der Waals surface area contributed by atoms with Crippen LogP contribution in [0.3, 0.4) is 0 Å². The van der Waals surface area contributed by atoms with Crippen LogP contribution in [0.2, 0.25) is 0 Å². The van der Waals surface area contributed by atoms with Crippen LogP contribution in [0, 0.1) is 25.2 Å². The number of para-hydroxylation sites is 2. The number of aromatic amines is 3. The number of rotatable bonds is 2. The molecule has 3 aromatic heterocycles. The van der Waals surface area contributed by atoms with Gasteiger partial charge in [0.25, 0.3) is 0 Å². The molecule has 0 aliphatic carbocycles. The van der Waals surface area contributed by atoms with Gasteiger partial charge in [-0.1, -0.05) is 36.4 Å². The molecule has 136 valence electrons. The van der Waals surface area contributed by atoms with Crippen molar-refractivity contribution in [2.45, 2.75) is 13.8 Å². The number of fused-ring (bicyclic) bond motifs is 2. The Morgan fingerprint density at radius 2 is 1.46 bits per heavy atom. The second-order valence-electron chi connectivity index (χ2n) is 6.92. The number of imidazole rings is 1. The minimum atomic E-state index is -0.330. The lowest BCUT2D eigenvalue weighted by Crippen LogP contribution is -2.16. The van der Waals surface area contributed by atoms with Gasteiger partial charge in [-0.3, -0.25) is 9.55 Å². The lowest BCUT2D eigenvalue weighted by Gasteiger charge is -2.09. The van der Waals surface area contributed by atoms with Crippen LogP contribution in [0.1, 0.15) is 17.1 Å². The van der Waals surface area contributed by atoms with Crippen molar-refractivity contribution in [1.82, 2.24) is 19.5 Å². The molecule has 0 saturated carbocycles. The Morgan fingerprint density at radius 3 is 2.18 bits per heavy atom. The average molecular weight is 367 g/mol. The van der Waals surface area contributed by atoms with Gasteiger partial charge >= 0.3 is 5.69 Å². The molecule has 0 atom stereocenters. The fraction of sp³-hybridized carbons (Fsp3) is 0.0909. The quantitative estimate of drug-likeness (QED) is 0.434. The summed E-state index contributed by atoms with van der Waals surface area (Å²) in [5.74, 6) is 0. The van der Waals surface area contributed by atoms with Crippen molar-refractivity contribution in [3.05, 3.63) is 76.1 Å². The summed E-state index contributed by atoms with van der Waals surface area (Å²) in [4.78, 5) is 22.4. The molecule has 2 aromatic carbocycles. The van der Waals surface area contributed by atoms with Gasteiger partial charge in [0.05, 0.1) is 11.4 Å². The largest absolute Gasteiger partial charge is 0.358 e. The van der Waals surface area contributed by atoms with E-state index in [1.807, 2.05) is 62.4 Å². The van der Waals surface area contributed by atoms with Gasteiger partial charge in [0, 0.05) is 38.8 Å². The van der Waals surface area contributed by atoms with Crippen LogP contribution >= 0.6 is 0 Å². The van der Waals surface area contributed by atoms with E-state index < -0.39 is 0 Å². The SMILES string of the molecule is Cc1[nH]c2ccccc2c1-c1c(C#N)[nH]c(=O)n1-c1c(C)[nH]c2ccccc12. The van der Waals surface area contributed by atoms with Gasteiger partial charge in [0.2, 0.25) is 0 Å². The molecule has 0 radical (unpaired) electrons. The molecular weight excluding hydrogens is 350 g/mol. The summed E-state index contributed by atoms with van der Waals surface area (Å²) in [6, 6.07) is 17.9. The Kier molecular flexibility index (Phi) is 3.34. The number of benzene rings is 2. The first-order valence-electron chi connectivity index (χ1n) is 9.00. The van der Waals surface area contributed by atoms with E-state index >= 15 is 0 Å². The molecule has 5 rings (SSSR count). The van der Waals surface area contributed by atoms with Crippen LogP contribution in [0.15, 0.2) is 53.3 Å². The molecule has 6 heteroatoms. The second kappa shape index (κ2) is 5.76. The van der Waals surface area contributed by atoms with Gasteiger partial charge in [-0.15, -0.1) is 0 Å². The average Bonchev–Trinajstić information content (AvgIpc) is 3.30. The summed E-state index contributed by atoms with van der Waals surface area (Å²) in [6.45, 7) is 3.90. The molecule has 0 aliphatic rings. The highest BCUT2D eigenvalue weighted by Gasteiger charge is 2.24. The zero-order valence-corrected chi connectivity index (χ0v) is 15.4. The van der Waals surface area contributed by atoms with Gasteiger partial charge in [0.15, 0.2) is 0 Å². The summed E-state index contributed by atoms with van der Waals surface area (Å²) in [7, 11) is 0. The third-order valence-electron chi connectivity index (χ3n) is 5.22. The first kappa shape index (κ1) is 16.2. The highest BCUT2D eigenvalue weighted by atomic mass is 16.1.